The van der Waals surface area contributed by atoms with Gasteiger partial charge in [-0.05, 0) is 19.8 Å². The van der Waals surface area contributed by atoms with E-state index in [9.17, 15) is 0 Å². The van der Waals surface area contributed by atoms with Crippen molar-refractivity contribution >= 4 is 17.4 Å². The maximum Gasteiger partial charge on any atom is 0.140 e. The van der Waals surface area contributed by atoms with E-state index >= 15 is 0 Å². The van der Waals surface area contributed by atoms with Crippen LogP contribution in [0.3, 0.4) is 0 Å². The number of rotatable bonds is 3. The Labute approximate surface area is 88.0 Å². The van der Waals surface area contributed by atoms with Crippen molar-refractivity contribution in [3.8, 4) is 0 Å². The third kappa shape index (κ3) is 1.60. The lowest BCUT2D eigenvalue weighted by molar-refractivity contribution is -0.0221. The summed E-state index contributed by atoms with van der Waals surface area (Å²) in [6, 6.07) is 0.360. The molecule has 1 aromatic heterocycles. The quantitative estimate of drug-likeness (QED) is 0.838. The molecule has 0 aromatic carbocycles. The maximum absolute atomic E-state index is 5.81. The number of aromatic nitrogens is 2. The van der Waals surface area contributed by atoms with Crippen molar-refractivity contribution in [2.24, 2.45) is 0 Å². The van der Waals surface area contributed by atoms with E-state index in [2.05, 4.69) is 5.10 Å². The minimum atomic E-state index is 0.360. The van der Waals surface area contributed by atoms with E-state index in [0.29, 0.717) is 23.0 Å². The Morgan fingerprint density at radius 2 is 2.43 bits per heavy atom. The molecule has 0 amide bonds. The first-order valence-electron chi connectivity index (χ1n) is 4.82. The van der Waals surface area contributed by atoms with E-state index in [-0.39, 0.29) is 0 Å². The lowest BCUT2D eigenvalue weighted by atomic mass is 9.89. The molecule has 0 bridgehead atoms. The predicted molar refractivity (Wildman–Crippen MR) is 55.3 cm³/mol. The van der Waals surface area contributed by atoms with E-state index in [1.54, 1.807) is 10.9 Å². The van der Waals surface area contributed by atoms with Crippen molar-refractivity contribution in [3.05, 3.63) is 11.2 Å². The van der Waals surface area contributed by atoms with Gasteiger partial charge in [0.05, 0.1) is 18.3 Å². The molecule has 0 spiro atoms. The van der Waals surface area contributed by atoms with Gasteiger partial charge >= 0.3 is 0 Å². The fourth-order valence-electron chi connectivity index (χ4n) is 1.75. The van der Waals surface area contributed by atoms with Crippen LogP contribution >= 0.6 is 11.6 Å². The summed E-state index contributed by atoms with van der Waals surface area (Å²) in [6.07, 6.45) is 3.92. The summed E-state index contributed by atoms with van der Waals surface area (Å²) in [5, 5.41) is 4.67. The first-order chi connectivity index (χ1) is 6.72. The molecule has 5 heteroatoms. The summed E-state index contributed by atoms with van der Waals surface area (Å²) in [5.41, 5.74) is 5.76. The van der Waals surface area contributed by atoms with Gasteiger partial charge in [-0.1, -0.05) is 11.6 Å². The fourth-order valence-corrected chi connectivity index (χ4v) is 1.88. The summed E-state index contributed by atoms with van der Waals surface area (Å²) in [6.45, 7) is 2.78. The Morgan fingerprint density at radius 3 is 2.93 bits per heavy atom. The first kappa shape index (κ1) is 9.80. The SMILES string of the molecule is CCOC1CC(n2ncc(Cl)c2N)C1. The van der Waals surface area contributed by atoms with Crippen LogP contribution in [-0.4, -0.2) is 22.5 Å². The number of anilines is 1. The minimum absolute atomic E-state index is 0.360. The Balaban J connectivity index is 1.96. The molecule has 1 aromatic rings. The summed E-state index contributed by atoms with van der Waals surface area (Å²) in [7, 11) is 0. The highest BCUT2D eigenvalue weighted by Gasteiger charge is 2.32. The molecule has 0 unspecified atom stereocenters. The fraction of sp³-hybridized carbons (Fsp3) is 0.667. The van der Waals surface area contributed by atoms with Crippen molar-refractivity contribution in [3.63, 3.8) is 0 Å². The smallest absolute Gasteiger partial charge is 0.140 e. The molecule has 0 radical (unpaired) electrons. The molecule has 4 nitrogen and oxygen atoms in total. The second-order valence-corrected chi connectivity index (χ2v) is 3.93. The highest BCUT2D eigenvalue weighted by molar-refractivity contribution is 6.32. The number of hydrogen-bond donors (Lipinski definition) is 1. The molecular formula is C9H14ClN3O. The van der Waals surface area contributed by atoms with Crippen LogP contribution in [-0.2, 0) is 4.74 Å². The van der Waals surface area contributed by atoms with E-state index in [1.165, 1.54) is 0 Å². The van der Waals surface area contributed by atoms with Crippen LogP contribution in [0.15, 0.2) is 6.20 Å². The molecule has 1 aliphatic carbocycles. The number of ether oxygens (including phenoxy) is 1. The van der Waals surface area contributed by atoms with Gasteiger partial charge in [-0.15, -0.1) is 0 Å². The van der Waals surface area contributed by atoms with E-state index in [1.807, 2.05) is 6.92 Å². The van der Waals surface area contributed by atoms with Gasteiger partial charge in [0.15, 0.2) is 0 Å². The standard InChI is InChI=1S/C9H14ClN3O/c1-2-14-7-3-6(4-7)13-9(11)8(10)5-12-13/h5-7H,2-4,11H2,1H3. The largest absolute Gasteiger partial charge is 0.383 e. The topological polar surface area (TPSA) is 53.1 Å². The summed E-state index contributed by atoms with van der Waals surface area (Å²) >= 11 is 5.81. The lowest BCUT2D eigenvalue weighted by Gasteiger charge is -2.35. The second kappa shape index (κ2) is 3.79. The van der Waals surface area contributed by atoms with Gasteiger partial charge in [0, 0.05) is 6.61 Å². The average Bonchev–Trinajstić information content (AvgIpc) is 2.41. The summed E-state index contributed by atoms with van der Waals surface area (Å²) < 4.78 is 7.25. The number of hydrogen-bond acceptors (Lipinski definition) is 3. The van der Waals surface area contributed by atoms with Crippen LogP contribution in [0, 0.1) is 0 Å². The van der Waals surface area contributed by atoms with Gasteiger partial charge in [-0.2, -0.15) is 5.10 Å². The van der Waals surface area contributed by atoms with Gasteiger partial charge in [0.2, 0.25) is 0 Å². The lowest BCUT2D eigenvalue weighted by Crippen LogP contribution is -2.34. The van der Waals surface area contributed by atoms with Gasteiger partial charge in [-0.25, -0.2) is 4.68 Å². The summed E-state index contributed by atoms with van der Waals surface area (Å²) in [5.74, 6) is 0.562. The molecule has 1 heterocycles. The number of nitrogen functional groups attached to an aromatic ring is 1. The Bertz CT molecular complexity index is 320. The zero-order valence-corrected chi connectivity index (χ0v) is 8.87. The molecule has 0 saturated heterocycles. The van der Waals surface area contributed by atoms with Crippen LogP contribution in [0.4, 0.5) is 5.82 Å². The van der Waals surface area contributed by atoms with Gasteiger partial charge in [0.25, 0.3) is 0 Å². The third-order valence-electron chi connectivity index (χ3n) is 2.61. The zero-order chi connectivity index (χ0) is 10.1. The van der Waals surface area contributed by atoms with Crippen molar-refractivity contribution in [2.45, 2.75) is 31.9 Å². The molecule has 2 N–H and O–H groups in total. The monoisotopic (exact) mass is 215 g/mol. The van der Waals surface area contributed by atoms with Crippen LogP contribution in [0.5, 0.6) is 0 Å². The second-order valence-electron chi connectivity index (χ2n) is 3.52. The zero-order valence-electron chi connectivity index (χ0n) is 8.11. The molecule has 0 atom stereocenters. The van der Waals surface area contributed by atoms with E-state index in [0.717, 1.165) is 19.4 Å². The van der Waals surface area contributed by atoms with Gasteiger partial charge < -0.3 is 10.5 Å². The van der Waals surface area contributed by atoms with Crippen LogP contribution in [0.2, 0.25) is 5.02 Å². The molecular weight excluding hydrogens is 202 g/mol. The van der Waals surface area contributed by atoms with Crippen LogP contribution < -0.4 is 5.73 Å². The highest BCUT2D eigenvalue weighted by Crippen LogP contribution is 2.36. The molecule has 14 heavy (non-hydrogen) atoms. The maximum atomic E-state index is 5.81. The summed E-state index contributed by atoms with van der Waals surface area (Å²) in [4.78, 5) is 0. The first-order valence-corrected chi connectivity index (χ1v) is 5.20. The van der Waals surface area contributed by atoms with Gasteiger partial charge in [0.1, 0.15) is 10.8 Å². The Kier molecular flexibility index (Phi) is 2.65. The van der Waals surface area contributed by atoms with Crippen molar-refractivity contribution in [2.75, 3.05) is 12.3 Å². The van der Waals surface area contributed by atoms with Gasteiger partial charge in [-0.3, -0.25) is 0 Å². The molecule has 1 saturated carbocycles. The molecule has 0 aliphatic heterocycles. The molecule has 1 aliphatic rings. The molecule has 2 rings (SSSR count). The Hall–Kier alpha value is -0.740. The Morgan fingerprint density at radius 1 is 1.71 bits per heavy atom. The van der Waals surface area contributed by atoms with Crippen LogP contribution in [0.1, 0.15) is 25.8 Å². The van der Waals surface area contributed by atoms with Crippen molar-refractivity contribution in [1.29, 1.82) is 0 Å². The molecule has 1 fully saturated rings. The predicted octanol–water partition coefficient (Wildman–Crippen LogP) is 1.86. The van der Waals surface area contributed by atoms with E-state index in [4.69, 9.17) is 22.1 Å². The third-order valence-corrected chi connectivity index (χ3v) is 2.90. The number of nitrogens with two attached hydrogens (primary N) is 1. The molecule has 78 valence electrons. The van der Waals surface area contributed by atoms with Crippen LogP contribution in [0.25, 0.3) is 0 Å². The number of halogens is 1. The normalized spacial score (nSPS) is 26.1. The average molecular weight is 216 g/mol. The van der Waals surface area contributed by atoms with Crippen molar-refractivity contribution < 1.29 is 4.74 Å². The van der Waals surface area contributed by atoms with E-state index < -0.39 is 0 Å². The highest BCUT2D eigenvalue weighted by atomic mass is 35.5. The number of nitrogens with zero attached hydrogens (tertiary/aromatic N) is 2. The minimum Gasteiger partial charge on any atom is -0.383 e. The van der Waals surface area contributed by atoms with Crippen molar-refractivity contribution in [1.82, 2.24) is 9.78 Å².